The summed E-state index contributed by atoms with van der Waals surface area (Å²) in [6.07, 6.45) is 2.20. The minimum Gasteiger partial charge on any atom is -0.497 e. The smallest absolute Gasteiger partial charge is 0.224 e. The van der Waals surface area contributed by atoms with E-state index in [9.17, 15) is 4.79 Å². The van der Waals surface area contributed by atoms with E-state index < -0.39 is 0 Å². The Kier molecular flexibility index (Phi) is 6.70. The number of piperidine rings is 1. The van der Waals surface area contributed by atoms with Crippen LogP contribution in [0.25, 0.3) is 5.69 Å². The van der Waals surface area contributed by atoms with Gasteiger partial charge in [-0.1, -0.05) is 11.6 Å². The molecule has 1 aliphatic rings. The quantitative estimate of drug-likeness (QED) is 0.599. The first-order valence-corrected chi connectivity index (χ1v) is 11.3. The molecule has 1 aliphatic heterocycles. The van der Waals surface area contributed by atoms with Crippen molar-refractivity contribution < 1.29 is 9.53 Å². The number of ether oxygens (including phenoxy) is 1. The van der Waals surface area contributed by atoms with E-state index in [2.05, 4.69) is 27.4 Å². The van der Waals surface area contributed by atoms with Crippen molar-refractivity contribution in [2.24, 2.45) is 0 Å². The number of methoxy groups -OCH3 is 1. The molecule has 1 aromatic heterocycles. The molecule has 1 amide bonds. The average Bonchev–Trinajstić information content (AvgIpc) is 3.08. The van der Waals surface area contributed by atoms with Crippen LogP contribution in [0.5, 0.6) is 5.75 Å². The van der Waals surface area contributed by atoms with Gasteiger partial charge in [0.2, 0.25) is 5.91 Å². The molecule has 4 rings (SSSR count). The normalized spacial score (nSPS) is 14.4. The van der Waals surface area contributed by atoms with E-state index in [0.717, 1.165) is 54.3 Å². The third-order valence-corrected chi connectivity index (χ3v) is 6.40. The van der Waals surface area contributed by atoms with Crippen LogP contribution in [0.15, 0.2) is 48.5 Å². The van der Waals surface area contributed by atoms with Gasteiger partial charge < -0.3 is 15.0 Å². The second-order valence-electron chi connectivity index (χ2n) is 8.24. The summed E-state index contributed by atoms with van der Waals surface area (Å²) in [7, 11) is 1.68. The van der Waals surface area contributed by atoms with Crippen LogP contribution in [0.1, 0.15) is 29.8 Å². The van der Waals surface area contributed by atoms with Crippen LogP contribution in [0, 0.1) is 13.8 Å². The van der Waals surface area contributed by atoms with Crippen molar-refractivity contribution in [1.82, 2.24) is 15.1 Å². The highest BCUT2D eigenvalue weighted by atomic mass is 35.5. The van der Waals surface area contributed by atoms with E-state index in [4.69, 9.17) is 16.3 Å². The van der Waals surface area contributed by atoms with Crippen molar-refractivity contribution in [1.29, 1.82) is 0 Å². The second-order valence-corrected chi connectivity index (χ2v) is 8.68. The van der Waals surface area contributed by atoms with Crippen molar-refractivity contribution >= 4 is 23.2 Å². The van der Waals surface area contributed by atoms with Gasteiger partial charge in [0.1, 0.15) is 5.75 Å². The lowest BCUT2D eigenvalue weighted by Gasteiger charge is -2.34. The summed E-state index contributed by atoms with van der Waals surface area (Å²) < 4.78 is 7.11. The Labute approximate surface area is 194 Å². The monoisotopic (exact) mass is 452 g/mol. The zero-order valence-electron chi connectivity index (χ0n) is 18.8. The van der Waals surface area contributed by atoms with E-state index in [1.807, 2.05) is 54.9 Å². The third-order valence-electron chi connectivity index (χ3n) is 6.15. The lowest BCUT2D eigenvalue weighted by atomic mass is 10.0. The van der Waals surface area contributed by atoms with Gasteiger partial charge in [0.15, 0.2) is 0 Å². The Hall–Kier alpha value is -2.99. The zero-order valence-corrected chi connectivity index (χ0v) is 19.5. The van der Waals surface area contributed by atoms with Gasteiger partial charge in [0.05, 0.1) is 24.9 Å². The van der Waals surface area contributed by atoms with Crippen LogP contribution in [0.2, 0.25) is 5.02 Å². The number of carbonyl (C=O) groups is 1. The lowest BCUT2D eigenvalue weighted by Crippen LogP contribution is -2.45. The molecule has 168 valence electrons. The number of hydrogen-bond donors (Lipinski definition) is 1. The summed E-state index contributed by atoms with van der Waals surface area (Å²) >= 11 is 6.00. The Balaban J connectivity index is 1.34. The number of halogens is 1. The predicted molar refractivity (Wildman–Crippen MR) is 128 cm³/mol. The average molecular weight is 453 g/mol. The topological polar surface area (TPSA) is 59.4 Å². The molecule has 0 saturated carbocycles. The highest BCUT2D eigenvalue weighted by Crippen LogP contribution is 2.24. The van der Waals surface area contributed by atoms with Crippen LogP contribution in [0.4, 0.5) is 5.69 Å². The molecule has 3 aromatic rings. The highest BCUT2D eigenvalue weighted by molar-refractivity contribution is 6.30. The maximum absolute atomic E-state index is 12.8. The fourth-order valence-corrected chi connectivity index (χ4v) is 4.40. The number of nitrogens with one attached hydrogen (secondary N) is 1. The maximum atomic E-state index is 12.8. The maximum Gasteiger partial charge on any atom is 0.224 e. The van der Waals surface area contributed by atoms with Crippen molar-refractivity contribution in [2.75, 3.05) is 25.1 Å². The van der Waals surface area contributed by atoms with Gasteiger partial charge in [-0.15, -0.1) is 0 Å². The van der Waals surface area contributed by atoms with E-state index in [0.29, 0.717) is 11.4 Å². The van der Waals surface area contributed by atoms with Crippen molar-refractivity contribution in [2.45, 2.75) is 39.2 Å². The molecule has 2 aromatic carbocycles. The molecule has 1 fully saturated rings. The summed E-state index contributed by atoms with van der Waals surface area (Å²) in [6, 6.07) is 15.9. The Morgan fingerprint density at radius 1 is 1.06 bits per heavy atom. The number of aryl methyl sites for hydroxylation is 1. The summed E-state index contributed by atoms with van der Waals surface area (Å²) in [5, 5.41) is 8.56. The van der Waals surface area contributed by atoms with Crippen LogP contribution in [0.3, 0.4) is 0 Å². The standard InChI is InChI=1S/C25H29ClN4O2/c1-17-24(18(2)30(28-17)22-6-4-19(26)5-7-22)16-25(31)27-20-12-14-29(15-13-20)21-8-10-23(32-3)11-9-21/h4-11,20H,12-16H2,1-3H3,(H,27,31). The first-order chi connectivity index (χ1) is 15.4. The number of carbonyl (C=O) groups excluding carboxylic acids is 1. The molecular weight excluding hydrogens is 424 g/mol. The number of benzene rings is 2. The number of hydrogen-bond acceptors (Lipinski definition) is 4. The molecule has 1 saturated heterocycles. The molecule has 0 spiro atoms. The first kappa shape index (κ1) is 22.2. The minimum absolute atomic E-state index is 0.0507. The zero-order chi connectivity index (χ0) is 22.7. The number of rotatable bonds is 6. The second kappa shape index (κ2) is 9.65. The number of nitrogens with zero attached hydrogens (tertiary/aromatic N) is 3. The SMILES string of the molecule is COc1ccc(N2CCC(NC(=O)Cc3c(C)nn(-c4ccc(Cl)cc4)c3C)CC2)cc1. The molecular formula is C25H29ClN4O2. The van der Waals surface area contributed by atoms with Crippen molar-refractivity contribution in [3.8, 4) is 11.4 Å². The molecule has 0 atom stereocenters. The molecule has 2 heterocycles. The van der Waals surface area contributed by atoms with Crippen molar-refractivity contribution in [3.63, 3.8) is 0 Å². The summed E-state index contributed by atoms with van der Waals surface area (Å²) in [4.78, 5) is 15.2. The summed E-state index contributed by atoms with van der Waals surface area (Å²) in [6.45, 7) is 5.80. The molecule has 0 unspecified atom stereocenters. The van der Waals surface area contributed by atoms with Gasteiger partial charge in [-0.2, -0.15) is 5.10 Å². The van der Waals surface area contributed by atoms with Gasteiger partial charge in [-0.05, 0) is 75.2 Å². The number of amides is 1. The van der Waals surface area contributed by atoms with Gasteiger partial charge in [-0.25, -0.2) is 4.68 Å². The van der Waals surface area contributed by atoms with Gasteiger partial charge in [0.25, 0.3) is 0 Å². The number of aromatic nitrogens is 2. The lowest BCUT2D eigenvalue weighted by molar-refractivity contribution is -0.121. The summed E-state index contributed by atoms with van der Waals surface area (Å²) in [5.74, 6) is 0.913. The molecule has 0 bridgehead atoms. The molecule has 32 heavy (non-hydrogen) atoms. The summed E-state index contributed by atoms with van der Waals surface area (Å²) in [5.41, 5.74) is 4.97. The Bertz CT molecular complexity index is 1070. The number of anilines is 1. The molecule has 1 N–H and O–H groups in total. The van der Waals surface area contributed by atoms with E-state index in [1.165, 1.54) is 5.69 Å². The largest absolute Gasteiger partial charge is 0.497 e. The molecule has 0 aliphatic carbocycles. The van der Waals surface area contributed by atoms with Crippen LogP contribution < -0.4 is 15.0 Å². The third kappa shape index (κ3) is 4.91. The van der Waals surface area contributed by atoms with E-state index >= 15 is 0 Å². The predicted octanol–water partition coefficient (Wildman–Crippen LogP) is 4.48. The van der Waals surface area contributed by atoms with Gasteiger partial charge >= 0.3 is 0 Å². The van der Waals surface area contributed by atoms with E-state index in [-0.39, 0.29) is 11.9 Å². The van der Waals surface area contributed by atoms with Crippen molar-refractivity contribution in [3.05, 3.63) is 70.5 Å². The fraction of sp³-hybridized carbons (Fsp3) is 0.360. The van der Waals surface area contributed by atoms with Gasteiger partial charge in [0, 0.05) is 41.1 Å². The molecule has 6 nitrogen and oxygen atoms in total. The van der Waals surface area contributed by atoms with Gasteiger partial charge in [-0.3, -0.25) is 4.79 Å². The Morgan fingerprint density at radius 3 is 2.31 bits per heavy atom. The fourth-order valence-electron chi connectivity index (χ4n) is 4.28. The Morgan fingerprint density at radius 2 is 1.69 bits per heavy atom. The van der Waals surface area contributed by atoms with Crippen LogP contribution in [-0.2, 0) is 11.2 Å². The molecule has 0 radical (unpaired) electrons. The van der Waals surface area contributed by atoms with Crippen LogP contribution in [-0.4, -0.2) is 41.9 Å². The van der Waals surface area contributed by atoms with Crippen LogP contribution >= 0.6 is 11.6 Å². The molecule has 7 heteroatoms. The first-order valence-electron chi connectivity index (χ1n) is 10.9. The minimum atomic E-state index is 0.0507. The highest BCUT2D eigenvalue weighted by Gasteiger charge is 2.22. The van der Waals surface area contributed by atoms with E-state index in [1.54, 1.807) is 7.11 Å².